The zero-order valence-corrected chi connectivity index (χ0v) is 13.7. The molecule has 0 N–H and O–H groups in total. The summed E-state index contributed by atoms with van der Waals surface area (Å²) in [6.45, 7) is 9.17. The quantitative estimate of drug-likeness (QED) is 0.752. The van der Waals surface area contributed by atoms with Crippen molar-refractivity contribution in [3.05, 3.63) is 0 Å². The summed E-state index contributed by atoms with van der Waals surface area (Å²) >= 11 is 0. The van der Waals surface area contributed by atoms with Gasteiger partial charge >= 0.3 is 6.09 Å². The average Bonchev–Trinajstić information content (AvgIpc) is 2.37. The summed E-state index contributed by atoms with van der Waals surface area (Å²) in [6, 6.07) is 0.738. The molecule has 2 heterocycles. The Kier molecular flexibility index (Phi) is 4.79. The van der Waals surface area contributed by atoms with Gasteiger partial charge in [-0.25, -0.2) is 4.79 Å². The fraction of sp³-hybridized carbons (Fsp3) is 0.875. The van der Waals surface area contributed by atoms with E-state index in [2.05, 4.69) is 11.8 Å². The van der Waals surface area contributed by atoms with Crippen molar-refractivity contribution >= 4 is 12.0 Å². The summed E-state index contributed by atoms with van der Waals surface area (Å²) in [5.74, 6) is 0.282. The number of hydrogen-bond donors (Lipinski definition) is 0. The number of likely N-dealkylation sites (tertiary alicyclic amines) is 2. The van der Waals surface area contributed by atoms with Crippen LogP contribution in [0.1, 0.15) is 59.8 Å². The highest BCUT2D eigenvalue weighted by Crippen LogP contribution is 2.30. The summed E-state index contributed by atoms with van der Waals surface area (Å²) < 4.78 is 5.40. The first-order valence-corrected chi connectivity index (χ1v) is 8.11. The molecule has 0 unspecified atom stereocenters. The van der Waals surface area contributed by atoms with Gasteiger partial charge < -0.3 is 14.5 Å². The molecule has 0 spiro atoms. The van der Waals surface area contributed by atoms with E-state index in [4.69, 9.17) is 4.74 Å². The van der Waals surface area contributed by atoms with Crippen molar-refractivity contribution in [3.8, 4) is 0 Å². The lowest BCUT2D eigenvalue weighted by molar-refractivity contribution is -0.151. The minimum atomic E-state index is -0.451. The van der Waals surface area contributed by atoms with E-state index in [1.165, 1.54) is 0 Å². The van der Waals surface area contributed by atoms with Gasteiger partial charge in [-0.05, 0) is 40.0 Å². The molecule has 0 aromatic heterocycles. The normalized spacial score (nSPS) is 24.0. The van der Waals surface area contributed by atoms with Gasteiger partial charge in [-0.3, -0.25) is 4.79 Å². The summed E-state index contributed by atoms with van der Waals surface area (Å²) in [5, 5.41) is 0. The van der Waals surface area contributed by atoms with Crippen LogP contribution >= 0.6 is 0 Å². The second kappa shape index (κ2) is 6.24. The molecule has 2 aliphatic rings. The number of amides is 2. The maximum absolute atomic E-state index is 12.0. The number of piperidine rings is 1. The lowest BCUT2D eigenvalue weighted by atomic mass is 9.91. The first kappa shape index (κ1) is 16.1. The Morgan fingerprint density at radius 2 is 1.90 bits per heavy atom. The molecule has 2 aliphatic heterocycles. The van der Waals surface area contributed by atoms with Crippen LogP contribution in [-0.4, -0.2) is 52.6 Å². The number of ether oxygens (including phenoxy) is 1. The standard InChI is InChI=1S/C16H28N2O3/c1-5-6-13-11-14(19)18(13)12-7-9-17(10-8-12)15(20)21-16(2,3)4/h12-13H,5-11H2,1-4H3/t13-/m0/s1. The van der Waals surface area contributed by atoms with Crippen molar-refractivity contribution < 1.29 is 14.3 Å². The molecular formula is C16H28N2O3. The molecule has 2 saturated heterocycles. The third-order valence-electron chi connectivity index (χ3n) is 4.22. The van der Waals surface area contributed by atoms with E-state index < -0.39 is 5.60 Å². The molecule has 2 fully saturated rings. The van der Waals surface area contributed by atoms with Crippen molar-refractivity contribution in [2.45, 2.75) is 77.5 Å². The first-order valence-electron chi connectivity index (χ1n) is 8.11. The Labute approximate surface area is 127 Å². The molecule has 0 saturated carbocycles. The second-order valence-corrected chi connectivity index (χ2v) is 7.15. The summed E-state index contributed by atoms with van der Waals surface area (Å²) in [4.78, 5) is 27.7. The van der Waals surface area contributed by atoms with E-state index in [0.717, 1.165) is 25.7 Å². The van der Waals surface area contributed by atoms with Gasteiger partial charge in [0.25, 0.3) is 0 Å². The van der Waals surface area contributed by atoms with Crippen LogP contribution in [0, 0.1) is 0 Å². The molecule has 21 heavy (non-hydrogen) atoms. The van der Waals surface area contributed by atoms with Crippen LogP contribution in [0.5, 0.6) is 0 Å². The van der Waals surface area contributed by atoms with E-state index in [0.29, 0.717) is 31.6 Å². The van der Waals surface area contributed by atoms with E-state index in [1.807, 2.05) is 20.8 Å². The molecule has 2 amide bonds. The number of nitrogens with zero attached hydrogens (tertiary/aromatic N) is 2. The molecule has 2 rings (SSSR count). The van der Waals surface area contributed by atoms with Gasteiger partial charge in [0.05, 0.1) is 0 Å². The third kappa shape index (κ3) is 3.89. The Morgan fingerprint density at radius 1 is 1.29 bits per heavy atom. The van der Waals surface area contributed by atoms with Gasteiger partial charge in [0.15, 0.2) is 0 Å². The summed E-state index contributed by atoms with van der Waals surface area (Å²) in [7, 11) is 0. The van der Waals surface area contributed by atoms with Crippen LogP contribution in [0.3, 0.4) is 0 Å². The maximum Gasteiger partial charge on any atom is 0.410 e. The van der Waals surface area contributed by atoms with Gasteiger partial charge in [0.1, 0.15) is 5.60 Å². The number of carbonyl (C=O) groups excluding carboxylic acids is 2. The van der Waals surface area contributed by atoms with Crippen LogP contribution in [0.15, 0.2) is 0 Å². The Hall–Kier alpha value is -1.26. The maximum atomic E-state index is 12.0. The number of rotatable bonds is 3. The van der Waals surface area contributed by atoms with Crippen LogP contribution in [0.25, 0.3) is 0 Å². The van der Waals surface area contributed by atoms with Crippen LogP contribution in [0.2, 0.25) is 0 Å². The zero-order valence-electron chi connectivity index (χ0n) is 13.7. The first-order chi connectivity index (χ1) is 9.81. The minimum absolute atomic E-state index is 0.235. The van der Waals surface area contributed by atoms with E-state index in [1.54, 1.807) is 4.90 Å². The highest BCUT2D eigenvalue weighted by molar-refractivity contribution is 5.83. The fourth-order valence-corrected chi connectivity index (χ4v) is 3.23. The van der Waals surface area contributed by atoms with Crippen molar-refractivity contribution in [3.63, 3.8) is 0 Å². The highest BCUT2D eigenvalue weighted by atomic mass is 16.6. The number of β-lactam (4-membered cyclic amide) rings is 1. The van der Waals surface area contributed by atoms with Crippen molar-refractivity contribution in [1.29, 1.82) is 0 Å². The average molecular weight is 296 g/mol. The van der Waals surface area contributed by atoms with E-state index >= 15 is 0 Å². The largest absolute Gasteiger partial charge is 0.444 e. The van der Waals surface area contributed by atoms with Crippen LogP contribution in [-0.2, 0) is 9.53 Å². The van der Waals surface area contributed by atoms with E-state index in [-0.39, 0.29) is 12.0 Å². The van der Waals surface area contributed by atoms with Crippen molar-refractivity contribution in [1.82, 2.24) is 9.80 Å². The molecule has 5 nitrogen and oxygen atoms in total. The van der Waals surface area contributed by atoms with E-state index in [9.17, 15) is 9.59 Å². The van der Waals surface area contributed by atoms with Gasteiger partial charge in [-0.15, -0.1) is 0 Å². The highest BCUT2D eigenvalue weighted by Gasteiger charge is 2.41. The molecule has 1 atom stereocenters. The summed E-state index contributed by atoms with van der Waals surface area (Å²) in [5.41, 5.74) is -0.451. The lowest BCUT2D eigenvalue weighted by Crippen LogP contribution is -2.60. The molecule has 5 heteroatoms. The van der Waals surface area contributed by atoms with Crippen LogP contribution < -0.4 is 0 Å². The van der Waals surface area contributed by atoms with Gasteiger partial charge in [0, 0.05) is 31.6 Å². The van der Waals surface area contributed by atoms with Crippen molar-refractivity contribution in [2.24, 2.45) is 0 Å². The molecule has 0 aromatic carbocycles. The predicted molar refractivity (Wildman–Crippen MR) is 81.0 cm³/mol. The lowest BCUT2D eigenvalue weighted by Gasteiger charge is -2.48. The molecule has 0 radical (unpaired) electrons. The topological polar surface area (TPSA) is 49.9 Å². The third-order valence-corrected chi connectivity index (χ3v) is 4.22. The molecule has 0 bridgehead atoms. The molecule has 120 valence electrons. The molecule has 0 aromatic rings. The Bertz CT molecular complexity index is 395. The molecular weight excluding hydrogens is 268 g/mol. The van der Waals surface area contributed by atoms with Gasteiger partial charge in [0.2, 0.25) is 5.91 Å². The second-order valence-electron chi connectivity index (χ2n) is 7.15. The fourth-order valence-electron chi connectivity index (χ4n) is 3.23. The predicted octanol–water partition coefficient (Wildman–Crippen LogP) is 2.79. The number of carbonyl (C=O) groups is 2. The monoisotopic (exact) mass is 296 g/mol. The SMILES string of the molecule is CCC[C@H]1CC(=O)N1C1CCN(C(=O)OC(C)(C)C)CC1. The zero-order chi connectivity index (χ0) is 15.6. The summed E-state index contributed by atoms with van der Waals surface area (Å²) in [6.07, 6.45) is 4.42. The van der Waals surface area contributed by atoms with Crippen LogP contribution in [0.4, 0.5) is 4.79 Å². The van der Waals surface area contributed by atoms with Gasteiger partial charge in [-0.1, -0.05) is 13.3 Å². The molecule has 0 aliphatic carbocycles. The Morgan fingerprint density at radius 3 is 2.38 bits per heavy atom. The van der Waals surface area contributed by atoms with Crippen molar-refractivity contribution in [2.75, 3.05) is 13.1 Å². The minimum Gasteiger partial charge on any atom is -0.444 e. The Balaban J connectivity index is 1.83. The number of hydrogen-bond acceptors (Lipinski definition) is 3. The smallest absolute Gasteiger partial charge is 0.410 e. The van der Waals surface area contributed by atoms with Gasteiger partial charge in [-0.2, -0.15) is 0 Å².